The molecule has 0 radical (unpaired) electrons. The average molecular weight is 281 g/mol. The highest BCUT2D eigenvalue weighted by Crippen LogP contribution is 2.25. The van der Waals surface area contributed by atoms with Crippen LogP contribution in [0.3, 0.4) is 0 Å². The molecule has 3 nitrogen and oxygen atoms in total. The Balaban J connectivity index is 2.14. The Morgan fingerprint density at radius 3 is 2.32 bits per heavy atom. The number of aryl methyl sites for hydroxylation is 2. The van der Waals surface area contributed by atoms with Crippen molar-refractivity contribution in [2.24, 2.45) is 5.92 Å². The van der Waals surface area contributed by atoms with Gasteiger partial charge in [0.15, 0.2) is 0 Å². The predicted molar refractivity (Wildman–Crippen MR) is 77.7 cm³/mol. The van der Waals surface area contributed by atoms with Gasteiger partial charge >= 0.3 is 0 Å². The van der Waals surface area contributed by atoms with Crippen molar-refractivity contribution in [3.63, 3.8) is 0 Å². The molecular weight excluding hydrogens is 258 g/mol. The van der Waals surface area contributed by atoms with Crippen LogP contribution in [0.15, 0.2) is 23.1 Å². The minimum atomic E-state index is -3.37. The second-order valence-electron chi connectivity index (χ2n) is 5.85. The van der Waals surface area contributed by atoms with E-state index in [4.69, 9.17) is 0 Å². The van der Waals surface area contributed by atoms with Gasteiger partial charge in [-0.25, -0.2) is 13.1 Å². The van der Waals surface area contributed by atoms with Crippen LogP contribution < -0.4 is 4.72 Å². The third-order valence-electron chi connectivity index (χ3n) is 3.96. The lowest BCUT2D eigenvalue weighted by Crippen LogP contribution is -2.37. The van der Waals surface area contributed by atoms with Gasteiger partial charge in [-0.3, -0.25) is 0 Å². The minimum absolute atomic E-state index is 0.0990. The first-order valence-electron chi connectivity index (χ1n) is 6.98. The fraction of sp³-hybridized carbons (Fsp3) is 0.600. The van der Waals surface area contributed by atoms with Gasteiger partial charge in [0.1, 0.15) is 0 Å². The Morgan fingerprint density at radius 1 is 1.11 bits per heavy atom. The lowest BCUT2D eigenvalue weighted by atomic mass is 9.88. The number of hydrogen-bond donors (Lipinski definition) is 1. The molecule has 0 bridgehead atoms. The number of benzene rings is 1. The first kappa shape index (κ1) is 14.5. The first-order valence-corrected chi connectivity index (χ1v) is 8.46. The molecule has 1 aliphatic carbocycles. The van der Waals surface area contributed by atoms with Crippen LogP contribution in [0.2, 0.25) is 0 Å². The Labute approximate surface area is 116 Å². The Bertz CT molecular complexity index is 543. The second kappa shape index (κ2) is 5.63. The molecule has 0 aromatic heterocycles. The summed E-state index contributed by atoms with van der Waals surface area (Å²) in [6.45, 7) is 6.05. The zero-order valence-electron chi connectivity index (χ0n) is 11.9. The molecular formula is C15H23NO2S. The largest absolute Gasteiger partial charge is 0.241 e. The number of rotatable bonds is 3. The molecule has 1 fully saturated rings. The van der Waals surface area contributed by atoms with Gasteiger partial charge in [-0.15, -0.1) is 0 Å². The summed E-state index contributed by atoms with van der Waals surface area (Å²) in [6, 6.07) is 5.57. The van der Waals surface area contributed by atoms with Gasteiger partial charge in [0.25, 0.3) is 0 Å². The molecule has 0 amide bonds. The quantitative estimate of drug-likeness (QED) is 0.925. The summed E-state index contributed by atoms with van der Waals surface area (Å²) in [6.07, 6.45) is 4.12. The van der Waals surface area contributed by atoms with Gasteiger partial charge in [-0.05, 0) is 57.1 Å². The second-order valence-corrected chi connectivity index (χ2v) is 7.53. The van der Waals surface area contributed by atoms with Crippen LogP contribution >= 0.6 is 0 Å². The van der Waals surface area contributed by atoms with Crippen LogP contribution in [0.25, 0.3) is 0 Å². The summed E-state index contributed by atoms with van der Waals surface area (Å²) < 4.78 is 27.7. The van der Waals surface area contributed by atoms with Crippen molar-refractivity contribution >= 4 is 10.0 Å². The van der Waals surface area contributed by atoms with Crippen molar-refractivity contribution in [3.8, 4) is 0 Å². The maximum Gasteiger partial charge on any atom is 0.241 e. The highest BCUT2D eigenvalue weighted by molar-refractivity contribution is 7.89. The van der Waals surface area contributed by atoms with Crippen LogP contribution in [0.4, 0.5) is 0 Å². The van der Waals surface area contributed by atoms with E-state index in [0.717, 1.165) is 42.7 Å². The minimum Gasteiger partial charge on any atom is -0.208 e. The van der Waals surface area contributed by atoms with E-state index in [9.17, 15) is 8.42 Å². The zero-order valence-corrected chi connectivity index (χ0v) is 12.8. The van der Waals surface area contributed by atoms with Gasteiger partial charge in [0.05, 0.1) is 4.90 Å². The van der Waals surface area contributed by atoms with Crippen molar-refractivity contribution in [1.82, 2.24) is 4.72 Å². The average Bonchev–Trinajstić information content (AvgIpc) is 2.31. The summed E-state index contributed by atoms with van der Waals surface area (Å²) in [5.41, 5.74) is 1.90. The van der Waals surface area contributed by atoms with Crippen molar-refractivity contribution < 1.29 is 8.42 Å². The zero-order chi connectivity index (χ0) is 14.0. The van der Waals surface area contributed by atoms with Crippen LogP contribution in [0.1, 0.15) is 43.7 Å². The van der Waals surface area contributed by atoms with Crippen LogP contribution in [-0.2, 0) is 10.0 Å². The predicted octanol–water partition coefficient (Wildman–Crippen LogP) is 3.16. The summed E-state index contributed by atoms with van der Waals surface area (Å²) in [7, 11) is -3.37. The maximum absolute atomic E-state index is 12.4. The van der Waals surface area contributed by atoms with Crippen molar-refractivity contribution in [3.05, 3.63) is 29.3 Å². The van der Waals surface area contributed by atoms with Crippen LogP contribution in [0, 0.1) is 19.8 Å². The monoisotopic (exact) mass is 281 g/mol. The molecule has 1 N–H and O–H groups in total. The molecule has 0 heterocycles. The highest BCUT2D eigenvalue weighted by atomic mass is 32.2. The third-order valence-corrected chi connectivity index (χ3v) is 5.64. The number of hydrogen-bond acceptors (Lipinski definition) is 2. The smallest absolute Gasteiger partial charge is 0.208 e. The molecule has 2 rings (SSSR count). The molecule has 106 valence electrons. The fourth-order valence-corrected chi connectivity index (χ4v) is 4.29. The summed E-state index contributed by atoms with van der Waals surface area (Å²) in [5.74, 6) is 0.724. The van der Waals surface area contributed by atoms with Gasteiger partial charge in [0, 0.05) is 6.04 Å². The van der Waals surface area contributed by atoms with Crippen LogP contribution in [-0.4, -0.2) is 14.5 Å². The van der Waals surface area contributed by atoms with Gasteiger partial charge in [-0.2, -0.15) is 0 Å². The van der Waals surface area contributed by atoms with Gasteiger partial charge in [0.2, 0.25) is 10.0 Å². The molecule has 0 spiro atoms. The van der Waals surface area contributed by atoms with Crippen molar-refractivity contribution in [2.45, 2.75) is 57.4 Å². The molecule has 19 heavy (non-hydrogen) atoms. The van der Waals surface area contributed by atoms with E-state index >= 15 is 0 Å². The Kier molecular flexibility index (Phi) is 4.31. The molecule has 4 heteroatoms. The molecule has 1 aromatic rings. The maximum atomic E-state index is 12.4. The van der Waals surface area contributed by atoms with E-state index in [1.807, 2.05) is 26.0 Å². The molecule has 1 aromatic carbocycles. The van der Waals surface area contributed by atoms with E-state index in [2.05, 4.69) is 11.6 Å². The van der Waals surface area contributed by atoms with E-state index in [0.29, 0.717) is 4.90 Å². The van der Waals surface area contributed by atoms with Crippen LogP contribution in [0.5, 0.6) is 0 Å². The third kappa shape index (κ3) is 3.57. The van der Waals surface area contributed by atoms with E-state index in [-0.39, 0.29) is 6.04 Å². The Morgan fingerprint density at radius 2 is 1.74 bits per heavy atom. The van der Waals surface area contributed by atoms with E-state index < -0.39 is 10.0 Å². The van der Waals surface area contributed by atoms with E-state index in [1.54, 1.807) is 6.07 Å². The SMILES string of the molecule is Cc1ccc(S(=O)(=O)NC2CCC(C)CC2)c(C)c1. The highest BCUT2D eigenvalue weighted by Gasteiger charge is 2.24. The molecule has 0 unspecified atom stereocenters. The molecule has 1 saturated carbocycles. The van der Waals surface area contributed by atoms with Crippen molar-refractivity contribution in [2.75, 3.05) is 0 Å². The van der Waals surface area contributed by atoms with Gasteiger partial charge in [-0.1, -0.05) is 24.6 Å². The lowest BCUT2D eigenvalue weighted by molar-refractivity contribution is 0.332. The summed E-state index contributed by atoms with van der Waals surface area (Å²) in [5, 5.41) is 0. The standard InChI is InChI=1S/C15H23NO2S/c1-11-4-7-14(8-5-11)16-19(17,18)15-9-6-12(2)10-13(15)3/h6,9-11,14,16H,4-5,7-8H2,1-3H3. The number of nitrogens with one attached hydrogen (secondary N) is 1. The Hall–Kier alpha value is -0.870. The molecule has 0 aliphatic heterocycles. The summed E-state index contributed by atoms with van der Waals surface area (Å²) in [4.78, 5) is 0.414. The summed E-state index contributed by atoms with van der Waals surface area (Å²) >= 11 is 0. The fourth-order valence-electron chi connectivity index (χ4n) is 2.76. The lowest BCUT2D eigenvalue weighted by Gasteiger charge is -2.27. The molecule has 1 aliphatic rings. The van der Waals surface area contributed by atoms with Gasteiger partial charge < -0.3 is 0 Å². The normalized spacial score (nSPS) is 24.4. The van der Waals surface area contributed by atoms with E-state index in [1.165, 1.54) is 0 Å². The van der Waals surface area contributed by atoms with Crippen molar-refractivity contribution in [1.29, 1.82) is 0 Å². The topological polar surface area (TPSA) is 46.2 Å². The molecule has 0 saturated heterocycles. The molecule has 0 atom stereocenters. The first-order chi connectivity index (χ1) is 8.88. The number of sulfonamides is 1.